The van der Waals surface area contributed by atoms with E-state index in [4.69, 9.17) is 0 Å². The first-order valence-corrected chi connectivity index (χ1v) is 7.95. The highest BCUT2D eigenvalue weighted by Crippen LogP contribution is 2.18. The minimum absolute atomic E-state index is 0.323. The Labute approximate surface area is 141 Å². The molecule has 2 rings (SSSR count). The summed E-state index contributed by atoms with van der Waals surface area (Å²) in [5.74, 6) is 0.677. The van der Waals surface area contributed by atoms with Crippen molar-refractivity contribution >= 4 is 17.1 Å². The van der Waals surface area contributed by atoms with Gasteiger partial charge in [0.15, 0.2) is 11.2 Å². The molecule has 2 aromatic heterocycles. The van der Waals surface area contributed by atoms with E-state index in [2.05, 4.69) is 10.3 Å². The number of anilines is 1. The Balaban J connectivity index is 2.77. The van der Waals surface area contributed by atoms with E-state index in [0.717, 1.165) is 23.2 Å². The summed E-state index contributed by atoms with van der Waals surface area (Å²) in [4.78, 5) is 31.4. The van der Waals surface area contributed by atoms with Gasteiger partial charge in [-0.05, 0) is 20.9 Å². The normalized spacial score (nSPS) is 11.1. The van der Waals surface area contributed by atoms with Crippen molar-refractivity contribution in [2.45, 2.75) is 20.4 Å². The Morgan fingerprint density at radius 3 is 2.50 bits per heavy atom. The molecule has 0 fully saturated rings. The summed E-state index contributed by atoms with van der Waals surface area (Å²) in [6.45, 7) is 6.09. The maximum Gasteiger partial charge on any atom is 0.332 e. The van der Waals surface area contributed by atoms with Gasteiger partial charge in [-0.3, -0.25) is 13.9 Å². The third-order valence-electron chi connectivity index (χ3n) is 4.05. The van der Waals surface area contributed by atoms with E-state index >= 15 is 0 Å². The predicted octanol–water partition coefficient (Wildman–Crippen LogP) is 0.0555. The molecule has 0 saturated carbocycles. The molecule has 0 spiro atoms. The molecule has 8 nitrogen and oxygen atoms in total. The number of aromatic nitrogens is 4. The maximum atomic E-state index is 12.7. The lowest BCUT2D eigenvalue weighted by molar-refractivity contribution is 0.701. The van der Waals surface area contributed by atoms with Gasteiger partial charge in [-0.15, -0.1) is 0 Å². The lowest BCUT2D eigenvalue weighted by atomic mass is 10.3. The topological polar surface area (TPSA) is 77.1 Å². The smallest absolute Gasteiger partial charge is 0.332 e. The predicted molar refractivity (Wildman–Crippen MR) is 96.8 cm³/mol. The summed E-state index contributed by atoms with van der Waals surface area (Å²) in [5.41, 5.74) is 1.32. The zero-order chi connectivity index (χ0) is 18.0. The fourth-order valence-corrected chi connectivity index (χ4v) is 2.55. The summed E-state index contributed by atoms with van der Waals surface area (Å²) >= 11 is 0. The third-order valence-corrected chi connectivity index (χ3v) is 4.05. The molecule has 0 aliphatic rings. The number of rotatable bonds is 6. The Morgan fingerprint density at radius 1 is 1.25 bits per heavy atom. The van der Waals surface area contributed by atoms with Gasteiger partial charge >= 0.3 is 5.69 Å². The molecule has 2 heterocycles. The van der Waals surface area contributed by atoms with E-state index in [1.807, 2.05) is 43.5 Å². The zero-order valence-corrected chi connectivity index (χ0v) is 15.3. The van der Waals surface area contributed by atoms with E-state index < -0.39 is 0 Å². The molecule has 24 heavy (non-hydrogen) atoms. The van der Waals surface area contributed by atoms with Crippen LogP contribution in [0.2, 0.25) is 0 Å². The van der Waals surface area contributed by atoms with Crippen molar-refractivity contribution in [2.24, 2.45) is 14.1 Å². The van der Waals surface area contributed by atoms with Crippen LogP contribution in [0.5, 0.6) is 0 Å². The molecule has 0 amide bonds. The summed E-state index contributed by atoms with van der Waals surface area (Å²) in [7, 11) is 6.95. The second kappa shape index (κ2) is 7.04. The van der Waals surface area contributed by atoms with Gasteiger partial charge < -0.3 is 14.8 Å². The highest BCUT2D eigenvalue weighted by Gasteiger charge is 2.20. The van der Waals surface area contributed by atoms with Crippen LogP contribution in [-0.4, -0.2) is 45.9 Å². The first-order chi connectivity index (χ1) is 11.3. The lowest BCUT2D eigenvalue weighted by Crippen LogP contribution is -2.37. The average Bonchev–Trinajstić information content (AvgIpc) is 2.93. The van der Waals surface area contributed by atoms with Gasteiger partial charge in [-0.1, -0.05) is 11.6 Å². The molecule has 1 N–H and O–H groups in total. The Bertz CT molecular complexity index is 883. The van der Waals surface area contributed by atoms with E-state index in [1.54, 1.807) is 7.05 Å². The molecule has 0 unspecified atom stereocenters. The molecule has 8 heteroatoms. The molecule has 2 aromatic rings. The summed E-state index contributed by atoms with van der Waals surface area (Å²) in [6.07, 6.45) is 2.04. The van der Waals surface area contributed by atoms with Crippen LogP contribution in [0, 0.1) is 0 Å². The highest BCUT2D eigenvalue weighted by molar-refractivity contribution is 5.74. The van der Waals surface area contributed by atoms with Crippen LogP contribution in [0.1, 0.15) is 13.8 Å². The van der Waals surface area contributed by atoms with E-state index in [0.29, 0.717) is 23.7 Å². The third kappa shape index (κ3) is 3.14. The Morgan fingerprint density at radius 2 is 1.92 bits per heavy atom. The number of hydrogen-bond donors (Lipinski definition) is 1. The minimum Gasteiger partial charge on any atom is -0.344 e. The van der Waals surface area contributed by atoms with Gasteiger partial charge in [0, 0.05) is 40.8 Å². The minimum atomic E-state index is -0.371. The van der Waals surface area contributed by atoms with Gasteiger partial charge in [-0.25, -0.2) is 4.79 Å². The van der Waals surface area contributed by atoms with Gasteiger partial charge in [0.2, 0.25) is 5.95 Å². The number of imidazole rings is 1. The maximum absolute atomic E-state index is 12.7. The van der Waals surface area contributed by atoms with Gasteiger partial charge in [-0.2, -0.15) is 4.98 Å². The number of fused-ring (bicyclic) bond motifs is 1. The SMILES string of the molecule is CNCCN(C)c1nc2c(c(=O)n(C)c(=O)n2C)n1CC=C(C)C. The standard InChI is InChI=1S/C16H26N6O2/c1-11(2)7-9-22-12-13(18-15(22)19(4)10-8-17-3)20(5)16(24)21(6)14(12)23/h7,17H,8-10H2,1-6H3. The molecular formula is C16H26N6O2. The molecule has 0 atom stereocenters. The van der Waals surface area contributed by atoms with Crippen molar-refractivity contribution in [1.82, 2.24) is 24.0 Å². The number of likely N-dealkylation sites (N-methyl/N-ethyl adjacent to an activating group) is 2. The van der Waals surface area contributed by atoms with E-state index in [-0.39, 0.29) is 11.2 Å². The summed E-state index contributed by atoms with van der Waals surface area (Å²) in [5, 5.41) is 3.10. The van der Waals surface area contributed by atoms with E-state index in [9.17, 15) is 9.59 Å². The van der Waals surface area contributed by atoms with Crippen LogP contribution in [-0.2, 0) is 20.6 Å². The largest absolute Gasteiger partial charge is 0.344 e. The first kappa shape index (κ1) is 18.0. The molecule has 0 aliphatic carbocycles. The van der Waals surface area contributed by atoms with Crippen molar-refractivity contribution in [2.75, 3.05) is 32.1 Å². The van der Waals surface area contributed by atoms with Gasteiger partial charge in [0.25, 0.3) is 5.56 Å². The molecule has 0 radical (unpaired) electrons. The van der Waals surface area contributed by atoms with E-state index in [1.165, 1.54) is 11.6 Å². The summed E-state index contributed by atoms with van der Waals surface area (Å²) < 4.78 is 4.42. The fourth-order valence-electron chi connectivity index (χ4n) is 2.55. The van der Waals surface area contributed by atoms with Crippen molar-refractivity contribution < 1.29 is 0 Å². The van der Waals surface area contributed by atoms with Crippen LogP contribution >= 0.6 is 0 Å². The second-order valence-electron chi connectivity index (χ2n) is 6.21. The zero-order valence-electron chi connectivity index (χ0n) is 15.3. The van der Waals surface area contributed by atoms with Crippen molar-refractivity contribution in [3.8, 4) is 0 Å². The molecule has 0 saturated heterocycles. The first-order valence-electron chi connectivity index (χ1n) is 7.95. The van der Waals surface area contributed by atoms with Crippen LogP contribution < -0.4 is 21.5 Å². The number of hydrogen-bond acceptors (Lipinski definition) is 5. The number of nitrogens with one attached hydrogen (secondary N) is 1. The quantitative estimate of drug-likeness (QED) is 0.756. The number of allylic oxidation sites excluding steroid dienone is 2. The number of aryl methyl sites for hydroxylation is 1. The summed E-state index contributed by atoms with van der Waals surface area (Å²) in [6, 6.07) is 0. The average molecular weight is 334 g/mol. The number of nitrogens with zero attached hydrogens (tertiary/aromatic N) is 5. The highest BCUT2D eigenvalue weighted by atomic mass is 16.2. The van der Waals surface area contributed by atoms with Crippen LogP contribution in [0.3, 0.4) is 0 Å². The van der Waals surface area contributed by atoms with Crippen molar-refractivity contribution in [1.29, 1.82) is 0 Å². The van der Waals surface area contributed by atoms with Crippen molar-refractivity contribution in [3.63, 3.8) is 0 Å². The Kier molecular flexibility index (Phi) is 5.28. The van der Waals surface area contributed by atoms with Crippen molar-refractivity contribution in [3.05, 3.63) is 32.5 Å². The molecular weight excluding hydrogens is 308 g/mol. The van der Waals surface area contributed by atoms with Crippen LogP contribution in [0.25, 0.3) is 11.2 Å². The molecule has 132 valence electrons. The fraction of sp³-hybridized carbons (Fsp3) is 0.562. The monoisotopic (exact) mass is 334 g/mol. The second-order valence-corrected chi connectivity index (χ2v) is 6.21. The van der Waals surface area contributed by atoms with Gasteiger partial charge in [0.1, 0.15) is 0 Å². The lowest BCUT2D eigenvalue weighted by Gasteiger charge is -2.19. The Hall–Kier alpha value is -2.35. The molecule has 0 bridgehead atoms. The molecule has 0 aromatic carbocycles. The van der Waals surface area contributed by atoms with Crippen LogP contribution in [0.15, 0.2) is 21.2 Å². The van der Waals surface area contributed by atoms with Crippen LogP contribution in [0.4, 0.5) is 5.95 Å². The van der Waals surface area contributed by atoms with Gasteiger partial charge in [0.05, 0.1) is 0 Å². The molecule has 0 aliphatic heterocycles.